The molecule has 2 aromatic carbocycles. The van der Waals surface area contributed by atoms with Crippen molar-refractivity contribution < 1.29 is 4.79 Å². The molecule has 5 nitrogen and oxygen atoms in total. The number of hydrogen-bond donors (Lipinski definition) is 2. The molecular formula is C16H13IN4OS2. The van der Waals surface area contributed by atoms with Crippen LogP contribution in [-0.4, -0.2) is 21.9 Å². The van der Waals surface area contributed by atoms with Crippen LogP contribution in [0.2, 0.25) is 0 Å². The molecule has 1 amide bonds. The molecule has 8 heteroatoms. The Kier molecular flexibility index (Phi) is 6.05. The van der Waals surface area contributed by atoms with Crippen LogP contribution in [0.1, 0.15) is 0 Å². The van der Waals surface area contributed by atoms with Gasteiger partial charge in [0, 0.05) is 9.26 Å². The largest absolute Gasteiger partial charge is 0.330 e. The van der Waals surface area contributed by atoms with Crippen molar-refractivity contribution in [3.63, 3.8) is 0 Å². The molecule has 0 saturated carbocycles. The molecule has 3 aromatic rings. The molecule has 0 atom stereocenters. The molecule has 1 heterocycles. The maximum absolute atomic E-state index is 12.0. The summed E-state index contributed by atoms with van der Waals surface area (Å²) in [5.74, 6) is 0.238. The number of aromatic nitrogens is 2. The summed E-state index contributed by atoms with van der Waals surface area (Å²) in [6.45, 7) is 0. The maximum atomic E-state index is 12.0. The van der Waals surface area contributed by atoms with E-state index in [1.807, 2.05) is 54.6 Å². The Morgan fingerprint density at radius 1 is 1.08 bits per heavy atom. The number of amides is 1. The highest BCUT2D eigenvalue weighted by atomic mass is 127. The first-order chi connectivity index (χ1) is 11.7. The molecule has 24 heavy (non-hydrogen) atoms. The standard InChI is InChI=1S/C16H13IN4OS2/c17-12-8-4-5-9-13(12)19-14(22)10-23-16-21-20-15(24-16)18-11-6-2-1-3-7-11/h1-9H,10H2,(H,18,20)(H,19,22). The van der Waals surface area contributed by atoms with Gasteiger partial charge in [-0.05, 0) is 46.9 Å². The predicted molar refractivity (Wildman–Crippen MR) is 108 cm³/mol. The second-order valence-corrected chi connectivity index (χ2v) is 8.04. The van der Waals surface area contributed by atoms with Crippen LogP contribution >= 0.6 is 45.7 Å². The summed E-state index contributed by atoms with van der Waals surface area (Å²) in [6, 6.07) is 17.5. The first-order valence-electron chi connectivity index (χ1n) is 7.03. The van der Waals surface area contributed by atoms with Gasteiger partial charge >= 0.3 is 0 Å². The predicted octanol–water partition coefficient (Wildman–Crippen LogP) is 4.62. The third-order valence-electron chi connectivity index (χ3n) is 2.91. The summed E-state index contributed by atoms with van der Waals surface area (Å²) in [4.78, 5) is 12.0. The molecule has 0 unspecified atom stereocenters. The number of benzene rings is 2. The molecule has 122 valence electrons. The number of rotatable bonds is 6. The monoisotopic (exact) mass is 468 g/mol. The molecule has 3 rings (SSSR count). The van der Waals surface area contributed by atoms with Crippen molar-refractivity contribution >= 4 is 68.1 Å². The second-order valence-electron chi connectivity index (χ2n) is 4.68. The number of thioether (sulfide) groups is 1. The van der Waals surface area contributed by atoms with Crippen LogP contribution in [0.3, 0.4) is 0 Å². The molecule has 0 bridgehead atoms. The van der Waals surface area contributed by atoms with Gasteiger partial charge in [-0.15, -0.1) is 10.2 Å². The Labute approximate surface area is 161 Å². The number of carbonyl (C=O) groups excluding carboxylic acids is 1. The van der Waals surface area contributed by atoms with Gasteiger partial charge in [0.1, 0.15) is 0 Å². The van der Waals surface area contributed by atoms with Gasteiger partial charge in [0.2, 0.25) is 11.0 Å². The quantitative estimate of drug-likeness (QED) is 0.409. The van der Waals surface area contributed by atoms with E-state index in [0.29, 0.717) is 10.9 Å². The number of anilines is 3. The molecule has 1 aromatic heterocycles. The van der Waals surface area contributed by atoms with E-state index in [9.17, 15) is 4.79 Å². The highest BCUT2D eigenvalue weighted by Gasteiger charge is 2.09. The van der Waals surface area contributed by atoms with Gasteiger partial charge in [-0.2, -0.15) is 0 Å². The third-order valence-corrected chi connectivity index (χ3v) is 5.82. The smallest absolute Gasteiger partial charge is 0.234 e. The zero-order valence-corrected chi connectivity index (χ0v) is 16.2. The van der Waals surface area contributed by atoms with Crippen LogP contribution in [0.25, 0.3) is 0 Å². The van der Waals surface area contributed by atoms with E-state index in [1.54, 1.807) is 0 Å². The fraction of sp³-hybridized carbons (Fsp3) is 0.0625. The molecule has 0 fully saturated rings. The summed E-state index contributed by atoms with van der Waals surface area (Å²) in [5, 5.41) is 15.0. The zero-order valence-electron chi connectivity index (χ0n) is 12.4. The fourth-order valence-electron chi connectivity index (χ4n) is 1.84. The maximum Gasteiger partial charge on any atom is 0.234 e. The fourth-order valence-corrected chi connectivity index (χ4v) is 3.93. The normalized spacial score (nSPS) is 10.4. The summed E-state index contributed by atoms with van der Waals surface area (Å²) in [6.07, 6.45) is 0. The lowest BCUT2D eigenvalue weighted by molar-refractivity contribution is -0.113. The lowest BCUT2D eigenvalue weighted by atomic mass is 10.3. The van der Waals surface area contributed by atoms with E-state index < -0.39 is 0 Å². The molecule has 2 N–H and O–H groups in total. The van der Waals surface area contributed by atoms with Crippen molar-refractivity contribution in [2.24, 2.45) is 0 Å². The van der Waals surface area contributed by atoms with Gasteiger partial charge in [0.05, 0.1) is 11.4 Å². The van der Waals surface area contributed by atoms with Crippen molar-refractivity contribution in [2.45, 2.75) is 4.34 Å². The van der Waals surface area contributed by atoms with Gasteiger partial charge in [0.25, 0.3) is 0 Å². The summed E-state index contributed by atoms with van der Waals surface area (Å²) < 4.78 is 1.77. The average molecular weight is 468 g/mol. The van der Waals surface area contributed by atoms with Gasteiger partial charge in [0.15, 0.2) is 4.34 Å². The molecular weight excluding hydrogens is 455 g/mol. The van der Waals surface area contributed by atoms with Gasteiger partial charge in [-0.1, -0.05) is 53.4 Å². The summed E-state index contributed by atoms with van der Waals surface area (Å²) in [7, 11) is 0. The number of hydrogen-bond acceptors (Lipinski definition) is 6. The Bertz CT molecular complexity index is 826. The van der Waals surface area contributed by atoms with Crippen molar-refractivity contribution in [1.82, 2.24) is 10.2 Å². The van der Waals surface area contributed by atoms with Crippen LogP contribution in [-0.2, 0) is 4.79 Å². The number of halogens is 1. The summed E-state index contributed by atoms with van der Waals surface area (Å²) in [5.41, 5.74) is 1.79. The van der Waals surface area contributed by atoms with Crippen molar-refractivity contribution in [3.05, 3.63) is 58.2 Å². The van der Waals surface area contributed by atoms with Crippen molar-refractivity contribution in [1.29, 1.82) is 0 Å². The topological polar surface area (TPSA) is 66.9 Å². The van der Waals surface area contributed by atoms with E-state index in [-0.39, 0.29) is 5.91 Å². The highest BCUT2D eigenvalue weighted by Crippen LogP contribution is 2.27. The molecule has 0 radical (unpaired) electrons. The molecule has 0 aliphatic carbocycles. The molecule has 0 aliphatic rings. The second kappa shape index (κ2) is 8.45. The number of para-hydroxylation sites is 2. The lowest BCUT2D eigenvalue weighted by Crippen LogP contribution is -2.14. The Balaban J connectivity index is 1.52. The van der Waals surface area contributed by atoms with Crippen LogP contribution in [0.5, 0.6) is 0 Å². The minimum absolute atomic E-state index is 0.0584. The average Bonchev–Trinajstić information content (AvgIpc) is 3.03. The number of nitrogens with zero attached hydrogens (tertiary/aromatic N) is 2. The van der Waals surface area contributed by atoms with Crippen molar-refractivity contribution in [3.8, 4) is 0 Å². The Morgan fingerprint density at radius 3 is 2.62 bits per heavy atom. The first kappa shape index (κ1) is 17.2. The van der Waals surface area contributed by atoms with E-state index >= 15 is 0 Å². The minimum atomic E-state index is -0.0584. The summed E-state index contributed by atoms with van der Waals surface area (Å²) >= 11 is 5.00. The minimum Gasteiger partial charge on any atom is -0.330 e. The van der Waals surface area contributed by atoms with E-state index in [1.165, 1.54) is 23.1 Å². The van der Waals surface area contributed by atoms with E-state index in [2.05, 4.69) is 43.4 Å². The van der Waals surface area contributed by atoms with Crippen LogP contribution < -0.4 is 10.6 Å². The van der Waals surface area contributed by atoms with Gasteiger partial charge < -0.3 is 10.6 Å². The molecule has 0 aliphatic heterocycles. The number of carbonyl (C=O) groups is 1. The van der Waals surface area contributed by atoms with E-state index in [0.717, 1.165) is 19.3 Å². The van der Waals surface area contributed by atoms with Crippen LogP contribution in [0, 0.1) is 3.57 Å². The SMILES string of the molecule is O=C(CSc1nnc(Nc2ccccc2)s1)Nc1ccccc1I. The first-order valence-corrected chi connectivity index (χ1v) is 9.91. The molecule has 0 saturated heterocycles. The van der Waals surface area contributed by atoms with Crippen LogP contribution in [0.4, 0.5) is 16.5 Å². The number of nitrogens with one attached hydrogen (secondary N) is 2. The Hall–Kier alpha value is -1.65. The van der Waals surface area contributed by atoms with Gasteiger partial charge in [-0.25, -0.2) is 0 Å². The highest BCUT2D eigenvalue weighted by molar-refractivity contribution is 14.1. The van der Waals surface area contributed by atoms with E-state index in [4.69, 9.17) is 0 Å². The zero-order chi connectivity index (χ0) is 16.8. The Morgan fingerprint density at radius 2 is 1.83 bits per heavy atom. The third kappa shape index (κ3) is 4.92. The lowest BCUT2D eigenvalue weighted by Gasteiger charge is -2.05. The van der Waals surface area contributed by atoms with Crippen LogP contribution in [0.15, 0.2) is 58.9 Å². The molecule has 0 spiro atoms. The van der Waals surface area contributed by atoms with Gasteiger partial charge in [-0.3, -0.25) is 4.79 Å². The van der Waals surface area contributed by atoms with Crippen molar-refractivity contribution in [2.75, 3.05) is 16.4 Å².